The van der Waals surface area contributed by atoms with Gasteiger partial charge in [0.05, 0.1) is 11.4 Å². The maximum absolute atomic E-state index is 12.4. The molecule has 1 N–H and O–H groups in total. The number of fused-ring (bicyclic) bond motifs is 1. The molecule has 0 bridgehead atoms. The third-order valence-electron chi connectivity index (χ3n) is 3.94. The summed E-state index contributed by atoms with van der Waals surface area (Å²) in [7, 11) is -3.54. The second-order valence-electron chi connectivity index (χ2n) is 6.02. The Morgan fingerprint density at radius 1 is 1.07 bits per heavy atom. The molecule has 0 saturated carbocycles. The van der Waals surface area contributed by atoms with Crippen molar-refractivity contribution < 1.29 is 8.42 Å². The molecule has 2 heterocycles. The van der Waals surface area contributed by atoms with Crippen molar-refractivity contribution in [2.45, 2.75) is 5.75 Å². The molecule has 0 radical (unpaired) electrons. The van der Waals surface area contributed by atoms with Gasteiger partial charge in [0, 0.05) is 34.9 Å². The number of nitrogens with one attached hydrogen (secondary N) is 1. The second-order valence-corrected chi connectivity index (χ2v) is 8.18. The van der Waals surface area contributed by atoms with E-state index in [0.717, 1.165) is 11.3 Å². The number of benzene rings is 2. The zero-order valence-corrected chi connectivity index (χ0v) is 15.7. The summed E-state index contributed by atoms with van der Waals surface area (Å²) in [6.45, 7) is 0. The van der Waals surface area contributed by atoms with Gasteiger partial charge in [-0.25, -0.2) is 18.4 Å². The van der Waals surface area contributed by atoms with Crippen LogP contribution in [0.15, 0.2) is 73.2 Å². The lowest BCUT2D eigenvalue weighted by Crippen LogP contribution is -2.15. The predicted octanol–water partition coefficient (Wildman–Crippen LogP) is 3.99. The van der Waals surface area contributed by atoms with Crippen LogP contribution in [0.3, 0.4) is 0 Å². The molecule has 0 saturated heterocycles. The largest absolute Gasteiger partial charge is 0.291 e. The molecule has 2 aromatic carbocycles. The van der Waals surface area contributed by atoms with Gasteiger partial charge in [0.2, 0.25) is 15.8 Å². The number of imidazole rings is 1. The van der Waals surface area contributed by atoms with Crippen LogP contribution in [-0.2, 0) is 15.8 Å². The van der Waals surface area contributed by atoms with E-state index in [1.165, 1.54) is 0 Å². The van der Waals surface area contributed by atoms with Crippen molar-refractivity contribution in [1.29, 1.82) is 0 Å². The molecule has 0 unspecified atom stereocenters. The number of rotatable bonds is 5. The van der Waals surface area contributed by atoms with Crippen molar-refractivity contribution in [1.82, 2.24) is 14.4 Å². The summed E-state index contributed by atoms with van der Waals surface area (Å²) >= 11 is 5.91. The van der Waals surface area contributed by atoms with Crippen molar-refractivity contribution in [3.8, 4) is 11.3 Å². The van der Waals surface area contributed by atoms with Gasteiger partial charge in [-0.3, -0.25) is 9.12 Å². The van der Waals surface area contributed by atoms with Crippen LogP contribution in [-0.4, -0.2) is 22.8 Å². The average Bonchev–Trinajstić information content (AvgIpc) is 3.05. The van der Waals surface area contributed by atoms with Gasteiger partial charge in [-0.2, -0.15) is 0 Å². The summed E-state index contributed by atoms with van der Waals surface area (Å²) in [6.07, 6.45) is 5.43. The first-order chi connectivity index (χ1) is 13.0. The average molecular weight is 399 g/mol. The highest BCUT2D eigenvalue weighted by molar-refractivity contribution is 7.91. The highest BCUT2D eigenvalue weighted by Gasteiger charge is 2.12. The number of halogens is 1. The van der Waals surface area contributed by atoms with E-state index < -0.39 is 10.0 Å². The summed E-state index contributed by atoms with van der Waals surface area (Å²) < 4.78 is 29.2. The number of hydrogen-bond donors (Lipinski definition) is 1. The molecule has 0 spiro atoms. The molecule has 136 valence electrons. The van der Waals surface area contributed by atoms with Crippen LogP contribution in [0.4, 0.5) is 5.69 Å². The van der Waals surface area contributed by atoms with Crippen molar-refractivity contribution in [3.63, 3.8) is 0 Å². The fraction of sp³-hybridized carbons (Fsp3) is 0.0526. The standard InChI is InChI=1S/C19H15ClN4O2S/c20-16-4-1-3-14(11-16)13-27(25,26)23-17-7-5-15(6-8-17)18-12-24-10-2-9-21-19(24)22-18/h1-12,23H,13H2. The number of anilines is 1. The van der Waals surface area contributed by atoms with Gasteiger partial charge in [0.25, 0.3) is 0 Å². The Kier molecular flexibility index (Phi) is 4.55. The number of aromatic nitrogens is 3. The minimum Gasteiger partial charge on any atom is -0.291 e. The van der Waals surface area contributed by atoms with E-state index in [1.807, 2.05) is 35.0 Å². The third-order valence-corrected chi connectivity index (χ3v) is 5.43. The quantitative estimate of drug-likeness (QED) is 0.551. The molecule has 0 amide bonds. The maximum Gasteiger partial charge on any atom is 0.236 e. The molecule has 0 aliphatic carbocycles. The van der Waals surface area contributed by atoms with E-state index in [0.29, 0.717) is 22.1 Å². The Labute approximate surface area is 161 Å². The van der Waals surface area contributed by atoms with Crippen LogP contribution < -0.4 is 4.72 Å². The van der Waals surface area contributed by atoms with Crippen molar-refractivity contribution >= 4 is 33.1 Å². The topological polar surface area (TPSA) is 76.4 Å². The van der Waals surface area contributed by atoms with E-state index in [4.69, 9.17) is 11.6 Å². The molecule has 0 fully saturated rings. The Bertz CT molecular complexity index is 1170. The summed E-state index contributed by atoms with van der Waals surface area (Å²) in [5.41, 5.74) is 2.76. The third kappa shape index (κ3) is 4.10. The number of nitrogens with zero attached hydrogens (tertiary/aromatic N) is 3. The monoisotopic (exact) mass is 398 g/mol. The predicted molar refractivity (Wildman–Crippen MR) is 106 cm³/mol. The highest BCUT2D eigenvalue weighted by Crippen LogP contribution is 2.22. The Morgan fingerprint density at radius 3 is 2.63 bits per heavy atom. The Balaban J connectivity index is 1.51. The normalized spacial score (nSPS) is 11.6. The molecule has 4 aromatic rings. The molecule has 27 heavy (non-hydrogen) atoms. The minimum absolute atomic E-state index is 0.145. The van der Waals surface area contributed by atoms with Crippen LogP contribution in [0.5, 0.6) is 0 Å². The summed E-state index contributed by atoms with van der Waals surface area (Å²) in [4.78, 5) is 8.64. The molecule has 0 aliphatic heterocycles. The molecular formula is C19H15ClN4O2S. The minimum atomic E-state index is -3.54. The van der Waals surface area contributed by atoms with Gasteiger partial charge >= 0.3 is 0 Å². The Morgan fingerprint density at radius 2 is 1.89 bits per heavy atom. The Hall–Kier alpha value is -2.90. The molecule has 4 rings (SSSR count). The van der Waals surface area contributed by atoms with Crippen LogP contribution in [0.25, 0.3) is 17.0 Å². The first kappa shape index (κ1) is 17.5. The van der Waals surface area contributed by atoms with Crippen LogP contribution in [0.2, 0.25) is 5.02 Å². The van der Waals surface area contributed by atoms with Crippen molar-refractivity contribution in [2.75, 3.05) is 4.72 Å². The SMILES string of the molecule is O=S(=O)(Cc1cccc(Cl)c1)Nc1ccc(-c2cn3cccnc3n2)cc1. The summed E-state index contributed by atoms with van der Waals surface area (Å²) in [6, 6.07) is 15.7. The van der Waals surface area contributed by atoms with Gasteiger partial charge in [0.15, 0.2) is 0 Å². The number of hydrogen-bond acceptors (Lipinski definition) is 4. The van der Waals surface area contributed by atoms with Crippen LogP contribution in [0.1, 0.15) is 5.56 Å². The van der Waals surface area contributed by atoms with Crippen LogP contribution in [0, 0.1) is 0 Å². The lowest BCUT2D eigenvalue weighted by molar-refractivity contribution is 0.600. The fourth-order valence-electron chi connectivity index (χ4n) is 2.74. The zero-order valence-electron chi connectivity index (χ0n) is 14.1. The summed E-state index contributed by atoms with van der Waals surface area (Å²) in [5, 5.41) is 0.508. The van der Waals surface area contributed by atoms with Crippen LogP contribution >= 0.6 is 11.6 Å². The van der Waals surface area contributed by atoms with Gasteiger partial charge in [-0.05, 0) is 35.9 Å². The van der Waals surface area contributed by atoms with E-state index in [2.05, 4.69) is 14.7 Å². The van der Waals surface area contributed by atoms with E-state index in [1.54, 1.807) is 42.6 Å². The first-order valence-electron chi connectivity index (χ1n) is 8.14. The lowest BCUT2D eigenvalue weighted by atomic mass is 10.1. The van der Waals surface area contributed by atoms with Gasteiger partial charge in [-0.1, -0.05) is 35.9 Å². The number of sulfonamides is 1. The maximum atomic E-state index is 12.4. The van der Waals surface area contributed by atoms with Crippen molar-refractivity contribution in [2.24, 2.45) is 0 Å². The fourth-order valence-corrected chi connectivity index (χ4v) is 4.14. The molecule has 0 atom stereocenters. The van der Waals surface area contributed by atoms with Gasteiger partial charge in [0.1, 0.15) is 0 Å². The lowest BCUT2D eigenvalue weighted by Gasteiger charge is -2.09. The zero-order chi connectivity index (χ0) is 18.9. The first-order valence-corrected chi connectivity index (χ1v) is 10.2. The smallest absolute Gasteiger partial charge is 0.236 e. The molecule has 2 aromatic heterocycles. The molecular weight excluding hydrogens is 384 g/mol. The summed E-state index contributed by atoms with van der Waals surface area (Å²) in [5.74, 6) is 0.465. The van der Waals surface area contributed by atoms with Gasteiger partial charge in [-0.15, -0.1) is 0 Å². The van der Waals surface area contributed by atoms with Gasteiger partial charge < -0.3 is 0 Å². The van der Waals surface area contributed by atoms with E-state index in [9.17, 15) is 8.42 Å². The van der Waals surface area contributed by atoms with E-state index >= 15 is 0 Å². The second kappa shape index (κ2) is 7.02. The molecule has 8 heteroatoms. The molecule has 0 aliphatic rings. The van der Waals surface area contributed by atoms with Crippen molar-refractivity contribution in [3.05, 3.63) is 83.8 Å². The molecule has 6 nitrogen and oxygen atoms in total. The highest BCUT2D eigenvalue weighted by atomic mass is 35.5. The van der Waals surface area contributed by atoms with E-state index in [-0.39, 0.29) is 5.75 Å².